The third-order valence-corrected chi connectivity index (χ3v) is 3.63. The molecule has 2 aromatic rings. The Morgan fingerprint density at radius 3 is 2.21 bits per heavy atom. The van der Waals surface area contributed by atoms with Crippen molar-refractivity contribution in [3.8, 4) is 5.75 Å². The highest BCUT2D eigenvalue weighted by Crippen LogP contribution is 2.33. The zero-order valence-electron chi connectivity index (χ0n) is 14.6. The first-order chi connectivity index (χ1) is 11.3. The maximum Gasteiger partial charge on any atom is 0.335 e. The minimum atomic E-state index is -0.578. The van der Waals surface area contributed by atoms with Gasteiger partial charge in [-0.2, -0.15) is 0 Å². The Morgan fingerprint density at radius 1 is 1.04 bits per heavy atom. The minimum Gasteiger partial charge on any atom is -0.508 e. The number of hydrogen-bond donors (Lipinski definition) is 1. The lowest BCUT2D eigenvalue weighted by Crippen LogP contribution is -2.26. The van der Waals surface area contributed by atoms with Crippen LogP contribution in [0, 0.1) is 0 Å². The molecule has 0 spiro atoms. The molecule has 0 bridgehead atoms. The van der Waals surface area contributed by atoms with E-state index >= 15 is 0 Å². The summed E-state index contributed by atoms with van der Waals surface area (Å²) in [5, 5.41) is 10.1. The average molecular weight is 324 g/mol. The molecule has 0 saturated carbocycles. The fourth-order valence-corrected chi connectivity index (χ4v) is 2.45. The molecule has 0 aliphatic heterocycles. The van der Waals surface area contributed by atoms with E-state index in [1.807, 2.05) is 76.2 Å². The number of carbonyl (C=O) groups excluding carboxylic acids is 1. The van der Waals surface area contributed by atoms with Gasteiger partial charge in [-0.05, 0) is 38.5 Å². The quantitative estimate of drug-likeness (QED) is 0.641. The van der Waals surface area contributed by atoms with E-state index in [1.165, 1.54) is 0 Å². The summed E-state index contributed by atoms with van der Waals surface area (Å²) < 4.78 is 5.57. The van der Waals surface area contributed by atoms with Gasteiger partial charge in [0.15, 0.2) is 0 Å². The first-order valence-electron chi connectivity index (χ1n) is 8.06. The zero-order valence-corrected chi connectivity index (χ0v) is 14.6. The van der Waals surface area contributed by atoms with Crippen LogP contribution in [0.15, 0.2) is 60.2 Å². The number of hydrogen-bond acceptors (Lipinski definition) is 3. The van der Waals surface area contributed by atoms with Crippen LogP contribution >= 0.6 is 0 Å². The number of rotatable bonds is 4. The van der Waals surface area contributed by atoms with Crippen molar-refractivity contribution in [3.05, 3.63) is 71.3 Å². The Hall–Kier alpha value is -2.55. The summed E-state index contributed by atoms with van der Waals surface area (Å²) in [6.45, 7) is 7.43. The van der Waals surface area contributed by atoms with E-state index in [1.54, 1.807) is 12.1 Å². The van der Waals surface area contributed by atoms with Crippen molar-refractivity contribution in [3.63, 3.8) is 0 Å². The summed E-state index contributed by atoms with van der Waals surface area (Å²) in [5.74, 6) is -0.490. The number of carbonyl (C=O) groups is 1. The number of esters is 1. The standard InChI is InChI=1S/C21H24O3/c1-15(17-12-8-9-13-19(17)22)18(20(23)24-21(2,3)4)14-16-10-6-5-7-11-16/h5-15,22H,1-4H3/b18-14-/t15-/m1/s1. The molecule has 0 amide bonds. The van der Waals surface area contributed by atoms with Crippen molar-refractivity contribution >= 4 is 12.0 Å². The van der Waals surface area contributed by atoms with E-state index in [-0.39, 0.29) is 17.6 Å². The van der Waals surface area contributed by atoms with Crippen molar-refractivity contribution in [1.29, 1.82) is 0 Å². The Morgan fingerprint density at radius 2 is 1.62 bits per heavy atom. The van der Waals surface area contributed by atoms with Gasteiger partial charge >= 0.3 is 5.97 Å². The topological polar surface area (TPSA) is 46.5 Å². The summed E-state index contributed by atoms with van der Waals surface area (Å²) in [6, 6.07) is 16.7. The van der Waals surface area contributed by atoms with Crippen LogP contribution in [0.25, 0.3) is 6.08 Å². The second-order valence-electron chi connectivity index (χ2n) is 6.79. The SMILES string of the molecule is C[C@@H](/C(=C/c1ccccc1)C(=O)OC(C)(C)C)c1ccccc1O. The zero-order chi connectivity index (χ0) is 17.7. The molecule has 0 saturated heterocycles. The van der Waals surface area contributed by atoms with Crippen molar-refractivity contribution < 1.29 is 14.6 Å². The third-order valence-electron chi connectivity index (χ3n) is 3.63. The first-order valence-corrected chi connectivity index (χ1v) is 8.06. The normalized spacial score (nSPS) is 13.4. The molecule has 24 heavy (non-hydrogen) atoms. The molecule has 0 heterocycles. The van der Waals surface area contributed by atoms with Gasteiger partial charge in [0.25, 0.3) is 0 Å². The Balaban J connectivity index is 2.45. The van der Waals surface area contributed by atoms with Gasteiger partial charge < -0.3 is 9.84 Å². The Kier molecular flexibility index (Phi) is 5.45. The monoisotopic (exact) mass is 324 g/mol. The van der Waals surface area contributed by atoms with E-state index in [9.17, 15) is 9.90 Å². The molecule has 1 atom stereocenters. The van der Waals surface area contributed by atoms with Gasteiger partial charge in [0.1, 0.15) is 11.4 Å². The number of ether oxygens (including phenoxy) is 1. The lowest BCUT2D eigenvalue weighted by molar-refractivity contribution is -0.150. The first kappa shape index (κ1) is 17.8. The highest BCUT2D eigenvalue weighted by atomic mass is 16.6. The van der Waals surface area contributed by atoms with Gasteiger partial charge in [-0.25, -0.2) is 4.79 Å². The summed E-state index contributed by atoms with van der Waals surface area (Å²) in [4.78, 5) is 12.7. The maximum atomic E-state index is 12.7. The van der Waals surface area contributed by atoms with Crippen LogP contribution in [-0.4, -0.2) is 16.7 Å². The molecule has 0 aliphatic rings. The van der Waals surface area contributed by atoms with Crippen molar-refractivity contribution in [1.82, 2.24) is 0 Å². The molecule has 126 valence electrons. The molecule has 0 aliphatic carbocycles. The fraction of sp³-hybridized carbons (Fsp3) is 0.286. The number of phenolic OH excluding ortho intramolecular Hbond substituents is 1. The number of phenols is 1. The summed E-state index contributed by atoms with van der Waals surface area (Å²) >= 11 is 0. The average Bonchev–Trinajstić information content (AvgIpc) is 2.52. The van der Waals surface area contributed by atoms with Crippen molar-refractivity contribution in [2.45, 2.75) is 39.2 Å². The van der Waals surface area contributed by atoms with E-state index in [0.717, 1.165) is 5.56 Å². The van der Waals surface area contributed by atoms with Gasteiger partial charge in [0, 0.05) is 17.1 Å². The maximum absolute atomic E-state index is 12.7. The lowest BCUT2D eigenvalue weighted by Gasteiger charge is -2.23. The van der Waals surface area contributed by atoms with E-state index in [2.05, 4.69) is 0 Å². The predicted octanol–water partition coefficient (Wildman–Crippen LogP) is 4.92. The van der Waals surface area contributed by atoms with Crippen molar-refractivity contribution in [2.75, 3.05) is 0 Å². The molecule has 3 nitrogen and oxygen atoms in total. The molecule has 3 heteroatoms. The van der Waals surface area contributed by atoms with Crippen LogP contribution in [0.2, 0.25) is 0 Å². The third kappa shape index (κ3) is 4.72. The summed E-state index contributed by atoms with van der Waals surface area (Å²) in [5.41, 5.74) is 1.55. The van der Waals surface area contributed by atoms with E-state index in [0.29, 0.717) is 11.1 Å². The highest BCUT2D eigenvalue weighted by molar-refractivity contribution is 5.95. The van der Waals surface area contributed by atoms with E-state index < -0.39 is 5.60 Å². The van der Waals surface area contributed by atoms with Crippen LogP contribution in [-0.2, 0) is 9.53 Å². The van der Waals surface area contributed by atoms with Gasteiger partial charge in [-0.15, -0.1) is 0 Å². The van der Waals surface area contributed by atoms with Crippen LogP contribution in [0.3, 0.4) is 0 Å². The summed E-state index contributed by atoms with van der Waals surface area (Å²) in [6.07, 6.45) is 1.82. The molecule has 2 rings (SSSR count). The Labute approximate surface area is 143 Å². The lowest BCUT2D eigenvalue weighted by atomic mass is 9.90. The molecular weight excluding hydrogens is 300 g/mol. The second kappa shape index (κ2) is 7.35. The van der Waals surface area contributed by atoms with E-state index in [4.69, 9.17) is 4.74 Å². The summed E-state index contributed by atoms with van der Waals surface area (Å²) in [7, 11) is 0. The molecular formula is C21H24O3. The molecule has 0 unspecified atom stereocenters. The van der Waals surface area contributed by atoms with Gasteiger partial charge in [-0.3, -0.25) is 0 Å². The van der Waals surface area contributed by atoms with Crippen LogP contribution in [0.1, 0.15) is 44.7 Å². The number of benzene rings is 2. The highest BCUT2D eigenvalue weighted by Gasteiger charge is 2.26. The largest absolute Gasteiger partial charge is 0.508 e. The number of aromatic hydroxyl groups is 1. The van der Waals surface area contributed by atoms with Gasteiger partial charge in [0.2, 0.25) is 0 Å². The predicted molar refractivity (Wildman–Crippen MR) is 96.8 cm³/mol. The van der Waals surface area contributed by atoms with Gasteiger partial charge in [-0.1, -0.05) is 55.5 Å². The minimum absolute atomic E-state index is 0.174. The second-order valence-corrected chi connectivity index (χ2v) is 6.79. The molecule has 0 aromatic heterocycles. The smallest absolute Gasteiger partial charge is 0.335 e. The molecule has 2 aromatic carbocycles. The van der Waals surface area contributed by atoms with Crippen LogP contribution in [0.4, 0.5) is 0 Å². The van der Waals surface area contributed by atoms with Crippen LogP contribution < -0.4 is 0 Å². The molecule has 1 N–H and O–H groups in total. The van der Waals surface area contributed by atoms with Crippen LogP contribution in [0.5, 0.6) is 5.75 Å². The number of para-hydroxylation sites is 1. The van der Waals surface area contributed by atoms with Gasteiger partial charge in [0.05, 0.1) is 0 Å². The molecule has 0 radical (unpaired) electrons. The molecule has 0 fully saturated rings. The van der Waals surface area contributed by atoms with Crippen molar-refractivity contribution in [2.24, 2.45) is 0 Å². The Bertz CT molecular complexity index is 724. The fourth-order valence-electron chi connectivity index (χ4n) is 2.45.